The smallest absolute Gasteiger partial charge is 0.361 e. The second-order valence-corrected chi connectivity index (χ2v) is 5.53. The van der Waals surface area contributed by atoms with Crippen molar-refractivity contribution in [3.8, 4) is 17.0 Å². The number of rotatable bonds is 6. The lowest BCUT2D eigenvalue weighted by molar-refractivity contribution is 0.0520. The number of esters is 1. The van der Waals surface area contributed by atoms with Crippen LogP contribution in [0.4, 0.5) is 0 Å². The molecule has 0 atom stereocenters. The molecule has 0 unspecified atom stereocenters. The molecule has 0 aliphatic rings. The second kappa shape index (κ2) is 7.26. The summed E-state index contributed by atoms with van der Waals surface area (Å²) in [5.74, 6) is 0.675. The predicted octanol–water partition coefficient (Wildman–Crippen LogP) is 3.48. The largest absolute Gasteiger partial charge is 0.494 e. The van der Waals surface area contributed by atoms with Gasteiger partial charge in [0.05, 0.1) is 13.2 Å². The maximum atomic E-state index is 12.0. The molecule has 0 spiro atoms. The van der Waals surface area contributed by atoms with Gasteiger partial charge in [-0.3, -0.25) is 0 Å². The van der Waals surface area contributed by atoms with Crippen LogP contribution in [-0.2, 0) is 4.74 Å². The Morgan fingerprint density at radius 1 is 1.22 bits per heavy atom. The highest BCUT2D eigenvalue weighted by Crippen LogP contribution is 2.34. The Morgan fingerprint density at radius 2 is 1.96 bits per heavy atom. The molecule has 1 heterocycles. The minimum absolute atomic E-state index is 0.203. The van der Waals surface area contributed by atoms with E-state index in [0.29, 0.717) is 18.9 Å². The molecule has 0 aliphatic carbocycles. The molecule has 0 fully saturated rings. The normalized spacial score (nSPS) is 10.9. The Kier molecular flexibility index (Phi) is 5.36. The summed E-state index contributed by atoms with van der Waals surface area (Å²) in [5.41, 5.74) is 3.61. The lowest BCUT2D eigenvalue weighted by atomic mass is 9.94. The van der Waals surface area contributed by atoms with Gasteiger partial charge in [-0.15, -0.1) is 5.10 Å². The maximum absolute atomic E-state index is 12.0. The van der Waals surface area contributed by atoms with Crippen molar-refractivity contribution in [3.63, 3.8) is 0 Å². The summed E-state index contributed by atoms with van der Waals surface area (Å²) in [6.07, 6.45) is 0. The van der Waals surface area contributed by atoms with E-state index in [-0.39, 0.29) is 11.6 Å². The van der Waals surface area contributed by atoms with Crippen molar-refractivity contribution in [1.82, 2.24) is 15.4 Å². The first kappa shape index (κ1) is 17.0. The molecule has 6 nitrogen and oxygen atoms in total. The number of nitrogens with zero attached hydrogens (tertiary/aromatic N) is 2. The Bertz CT molecular complexity index is 692. The summed E-state index contributed by atoms with van der Waals surface area (Å²) in [7, 11) is 0. The number of carbonyl (C=O) groups is 1. The van der Waals surface area contributed by atoms with Crippen LogP contribution in [0, 0.1) is 6.92 Å². The molecule has 0 aliphatic heterocycles. The van der Waals surface area contributed by atoms with Crippen LogP contribution >= 0.6 is 0 Å². The van der Waals surface area contributed by atoms with Crippen molar-refractivity contribution in [2.45, 2.75) is 40.5 Å². The van der Waals surface area contributed by atoms with E-state index < -0.39 is 5.97 Å². The van der Waals surface area contributed by atoms with Crippen LogP contribution in [0.2, 0.25) is 0 Å². The van der Waals surface area contributed by atoms with Crippen LogP contribution < -0.4 is 4.74 Å². The van der Waals surface area contributed by atoms with Crippen LogP contribution in [0.5, 0.6) is 5.75 Å². The van der Waals surface area contributed by atoms with Gasteiger partial charge in [-0.2, -0.15) is 10.3 Å². The summed E-state index contributed by atoms with van der Waals surface area (Å²) in [6.45, 7) is 10.8. The highest BCUT2D eigenvalue weighted by Gasteiger charge is 2.22. The van der Waals surface area contributed by atoms with Crippen LogP contribution in [0.1, 0.15) is 55.2 Å². The van der Waals surface area contributed by atoms with Gasteiger partial charge in [-0.1, -0.05) is 13.8 Å². The van der Waals surface area contributed by atoms with Crippen molar-refractivity contribution in [2.24, 2.45) is 0 Å². The summed E-state index contributed by atoms with van der Waals surface area (Å²) in [6, 6.07) is 4.00. The predicted molar refractivity (Wildman–Crippen MR) is 87.8 cm³/mol. The van der Waals surface area contributed by atoms with E-state index in [9.17, 15) is 4.79 Å². The second-order valence-electron chi connectivity index (χ2n) is 5.53. The number of aryl methyl sites for hydroxylation is 1. The van der Waals surface area contributed by atoms with Crippen molar-refractivity contribution >= 4 is 5.97 Å². The van der Waals surface area contributed by atoms with E-state index >= 15 is 0 Å². The van der Waals surface area contributed by atoms with Crippen molar-refractivity contribution in [2.75, 3.05) is 13.2 Å². The summed E-state index contributed by atoms with van der Waals surface area (Å²) in [4.78, 5) is 12.0. The van der Waals surface area contributed by atoms with Crippen molar-refractivity contribution < 1.29 is 14.3 Å². The molecular weight excluding hydrogens is 294 g/mol. The topological polar surface area (TPSA) is 77.1 Å². The molecule has 0 saturated carbocycles. The molecular formula is C17H23N3O3. The Labute approximate surface area is 136 Å². The van der Waals surface area contributed by atoms with Gasteiger partial charge in [0, 0.05) is 5.56 Å². The third kappa shape index (κ3) is 3.52. The van der Waals surface area contributed by atoms with Gasteiger partial charge in [0.15, 0.2) is 5.69 Å². The quantitative estimate of drug-likeness (QED) is 0.825. The molecule has 1 N–H and O–H groups in total. The Hall–Kier alpha value is -2.37. The van der Waals surface area contributed by atoms with Crippen LogP contribution in [-0.4, -0.2) is 34.6 Å². The summed E-state index contributed by atoms with van der Waals surface area (Å²) >= 11 is 0. The highest BCUT2D eigenvalue weighted by molar-refractivity contribution is 5.94. The average molecular weight is 317 g/mol. The lowest BCUT2D eigenvalue weighted by Gasteiger charge is -2.16. The van der Waals surface area contributed by atoms with Crippen LogP contribution in [0.25, 0.3) is 11.3 Å². The fraction of sp³-hybridized carbons (Fsp3) is 0.471. The van der Waals surface area contributed by atoms with E-state index in [0.717, 1.165) is 22.4 Å². The minimum atomic E-state index is -0.476. The van der Waals surface area contributed by atoms with E-state index in [1.54, 1.807) is 6.92 Å². The molecule has 2 aromatic rings. The van der Waals surface area contributed by atoms with E-state index in [4.69, 9.17) is 9.47 Å². The molecule has 1 aromatic heterocycles. The van der Waals surface area contributed by atoms with Gasteiger partial charge >= 0.3 is 5.97 Å². The molecule has 0 saturated heterocycles. The van der Waals surface area contributed by atoms with Crippen LogP contribution in [0.15, 0.2) is 12.1 Å². The maximum Gasteiger partial charge on any atom is 0.361 e. The molecule has 1 aromatic carbocycles. The molecule has 0 amide bonds. The first-order chi connectivity index (χ1) is 11.0. The number of carbonyl (C=O) groups excluding carboxylic acids is 1. The number of aromatic nitrogens is 3. The molecule has 6 heteroatoms. The van der Waals surface area contributed by atoms with Gasteiger partial charge in [0.1, 0.15) is 11.4 Å². The zero-order valence-corrected chi connectivity index (χ0v) is 14.3. The first-order valence-corrected chi connectivity index (χ1v) is 7.85. The standard InChI is InChI=1S/C17H23N3O3/c1-6-22-14-8-11(5)13(9-12(14)10(3)4)15-16(19-20-18-15)17(21)23-7-2/h8-10H,6-7H2,1-5H3,(H,18,19,20). The first-order valence-electron chi connectivity index (χ1n) is 7.85. The minimum Gasteiger partial charge on any atom is -0.494 e. The average Bonchev–Trinajstić information content (AvgIpc) is 2.97. The molecule has 0 radical (unpaired) electrons. The number of aromatic amines is 1. The fourth-order valence-electron chi connectivity index (χ4n) is 2.45. The summed E-state index contributed by atoms with van der Waals surface area (Å²) in [5, 5.41) is 10.6. The summed E-state index contributed by atoms with van der Waals surface area (Å²) < 4.78 is 10.8. The number of hydrogen-bond donors (Lipinski definition) is 1. The van der Waals surface area contributed by atoms with Gasteiger partial charge in [-0.05, 0) is 49.9 Å². The molecule has 2 rings (SSSR count). The van der Waals surface area contributed by atoms with Crippen LogP contribution in [0.3, 0.4) is 0 Å². The van der Waals surface area contributed by atoms with E-state index in [2.05, 4.69) is 29.3 Å². The number of ether oxygens (including phenoxy) is 2. The van der Waals surface area contributed by atoms with Gasteiger partial charge in [-0.25, -0.2) is 4.79 Å². The van der Waals surface area contributed by atoms with Crippen molar-refractivity contribution in [1.29, 1.82) is 0 Å². The Balaban J connectivity index is 2.54. The Morgan fingerprint density at radius 3 is 2.57 bits per heavy atom. The zero-order valence-electron chi connectivity index (χ0n) is 14.3. The SMILES string of the molecule is CCOC(=O)c1n[nH]nc1-c1cc(C(C)C)c(OCC)cc1C. The third-order valence-corrected chi connectivity index (χ3v) is 3.55. The monoisotopic (exact) mass is 317 g/mol. The lowest BCUT2D eigenvalue weighted by Crippen LogP contribution is -2.07. The number of hydrogen-bond acceptors (Lipinski definition) is 5. The van der Waals surface area contributed by atoms with E-state index in [1.165, 1.54) is 0 Å². The van der Waals surface area contributed by atoms with Crippen molar-refractivity contribution in [3.05, 3.63) is 29.0 Å². The number of nitrogens with one attached hydrogen (secondary N) is 1. The van der Waals surface area contributed by atoms with Gasteiger partial charge in [0.2, 0.25) is 0 Å². The highest BCUT2D eigenvalue weighted by atomic mass is 16.5. The fourth-order valence-corrected chi connectivity index (χ4v) is 2.45. The number of benzene rings is 1. The third-order valence-electron chi connectivity index (χ3n) is 3.55. The molecule has 0 bridgehead atoms. The number of H-pyrrole nitrogens is 1. The van der Waals surface area contributed by atoms with E-state index in [1.807, 2.05) is 26.0 Å². The van der Waals surface area contributed by atoms with Gasteiger partial charge < -0.3 is 9.47 Å². The zero-order chi connectivity index (χ0) is 17.0. The van der Waals surface area contributed by atoms with Gasteiger partial charge in [0.25, 0.3) is 0 Å². The molecule has 124 valence electrons. The molecule has 23 heavy (non-hydrogen) atoms.